The molecule has 0 bridgehead atoms. The molecule has 0 unspecified atom stereocenters. The number of nitrogens with zero attached hydrogens (tertiary/aromatic N) is 1. The monoisotopic (exact) mass is 357 g/mol. The van der Waals surface area contributed by atoms with Crippen LogP contribution in [0.3, 0.4) is 0 Å². The highest BCUT2D eigenvalue weighted by Crippen LogP contribution is 2.26. The first-order valence-corrected chi connectivity index (χ1v) is 7.78. The molecule has 0 aliphatic rings. The van der Waals surface area contributed by atoms with Crippen LogP contribution in [0.4, 0.5) is 5.69 Å². The molecule has 0 saturated carbocycles. The summed E-state index contributed by atoms with van der Waals surface area (Å²) < 4.78 is 0. The van der Waals surface area contributed by atoms with Gasteiger partial charge in [0.05, 0.1) is 0 Å². The van der Waals surface area contributed by atoms with E-state index >= 15 is 0 Å². The highest BCUT2D eigenvalue weighted by molar-refractivity contribution is 9.08. The summed E-state index contributed by atoms with van der Waals surface area (Å²) in [5.74, 6) is 0. The third-order valence-electron chi connectivity index (χ3n) is 2.99. The fourth-order valence-corrected chi connectivity index (χ4v) is 2.94. The molecule has 2 rings (SSSR count). The summed E-state index contributed by atoms with van der Waals surface area (Å²) in [6.45, 7) is 0.754. The second kappa shape index (κ2) is 6.65. The first kappa shape index (κ1) is 14.7. The standard InChI is InChI=1S/C15H14BrCl2N/c1-19(10-12-4-2-3-5-14(12)17)13-7-6-11(9-16)15(18)8-13/h2-8H,9-10H2,1H3. The average Bonchev–Trinajstić information content (AvgIpc) is 2.41. The maximum Gasteiger partial charge on any atom is 0.0467 e. The number of benzene rings is 2. The Bertz CT molecular complexity index is 572. The molecule has 100 valence electrons. The molecule has 0 aliphatic carbocycles. The van der Waals surface area contributed by atoms with Crippen LogP contribution in [-0.4, -0.2) is 7.05 Å². The Hall–Kier alpha value is -0.700. The van der Waals surface area contributed by atoms with E-state index in [4.69, 9.17) is 23.2 Å². The molecule has 0 heterocycles. The van der Waals surface area contributed by atoms with Gasteiger partial charge in [-0.1, -0.05) is 63.4 Å². The van der Waals surface area contributed by atoms with Crippen molar-refractivity contribution in [2.24, 2.45) is 0 Å². The number of hydrogen-bond acceptors (Lipinski definition) is 1. The van der Waals surface area contributed by atoms with E-state index in [9.17, 15) is 0 Å². The van der Waals surface area contributed by atoms with E-state index in [1.54, 1.807) is 0 Å². The minimum atomic E-state index is 0.754. The molecule has 0 spiro atoms. The van der Waals surface area contributed by atoms with Gasteiger partial charge in [0.25, 0.3) is 0 Å². The highest BCUT2D eigenvalue weighted by atomic mass is 79.9. The molecule has 0 saturated heterocycles. The zero-order chi connectivity index (χ0) is 13.8. The number of hydrogen-bond donors (Lipinski definition) is 0. The lowest BCUT2D eigenvalue weighted by Crippen LogP contribution is -2.16. The molecule has 0 fully saturated rings. The van der Waals surface area contributed by atoms with E-state index in [1.165, 1.54) is 0 Å². The van der Waals surface area contributed by atoms with Crippen molar-refractivity contribution >= 4 is 44.8 Å². The molecule has 4 heteroatoms. The molecule has 19 heavy (non-hydrogen) atoms. The van der Waals surface area contributed by atoms with Crippen LogP contribution >= 0.6 is 39.1 Å². The van der Waals surface area contributed by atoms with E-state index in [0.29, 0.717) is 0 Å². The summed E-state index contributed by atoms with van der Waals surface area (Å²) in [5, 5.41) is 2.33. The van der Waals surface area contributed by atoms with Gasteiger partial charge in [0, 0.05) is 34.7 Å². The third-order valence-corrected chi connectivity index (χ3v) is 4.31. The van der Waals surface area contributed by atoms with Gasteiger partial charge in [-0.05, 0) is 29.3 Å². The van der Waals surface area contributed by atoms with E-state index < -0.39 is 0 Å². The molecule has 2 aromatic carbocycles. The predicted molar refractivity (Wildman–Crippen MR) is 87.6 cm³/mol. The van der Waals surface area contributed by atoms with Gasteiger partial charge in [0.2, 0.25) is 0 Å². The molecular weight excluding hydrogens is 345 g/mol. The smallest absolute Gasteiger partial charge is 0.0467 e. The molecule has 0 aliphatic heterocycles. The maximum absolute atomic E-state index is 6.23. The van der Waals surface area contributed by atoms with Gasteiger partial charge in [-0.25, -0.2) is 0 Å². The van der Waals surface area contributed by atoms with E-state index in [1.807, 2.05) is 43.4 Å². The average molecular weight is 359 g/mol. The van der Waals surface area contributed by atoms with Crippen molar-refractivity contribution in [2.75, 3.05) is 11.9 Å². The number of halogens is 3. The Morgan fingerprint density at radius 3 is 2.37 bits per heavy atom. The van der Waals surface area contributed by atoms with Crippen LogP contribution in [0.25, 0.3) is 0 Å². The van der Waals surface area contributed by atoms with Crippen molar-refractivity contribution in [1.29, 1.82) is 0 Å². The van der Waals surface area contributed by atoms with Crippen molar-refractivity contribution in [3.8, 4) is 0 Å². The first-order chi connectivity index (χ1) is 9.11. The van der Waals surface area contributed by atoms with Gasteiger partial charge in [-0.3, -0.25) is 0 Å². The van der Waals surface area contributed by atoms with E-state index in [-0.39, 0.29) is 0 Å². The molecule has 0 aromatic heterocycles. The third kappa shape index (κ3) is 3.65. The quantitative estimate of drug-likeness (QED) is 0.650. The lowest BCUT2D eigenvalue weighted by Gasteiger charge is -2.21. The fourth-order valence-electron chi connectivity index (χ4n) is 1.86. The Labute approximate surface area is 132 Å². The van der Waals surface area contributed by atoms with Gasteiger partial charge in [-0.2, -0.15) is 0 Å². The van der Waals surface area contributed by atoms with Crippen molar-refractivity contribution in [1.82, 2.24) is 0 Å². The van der Waals surface area contributed by atoms with Crippen molar-refractivity contribution < 1.29 is 0 Å². The lowest BCUT2D eigenvalue weighted by atomic mass is 10.2. The van der Waals surface area contributed by atoms with Crippen LogP contribution in [0.5, 0.6) is 0 Å². The molecule has 0 amide bonds. The Balaban J connectivity index is 2.18. The molecule has 1 nitrogen and oxygen atoms in total. The minimum Gasteiger partial charge on any atom is -0.370 e. The molecule has 0 radical (unpaired) electrons. The Morgan fingerprint density at radius 1 is 1.00 bits per heavy atom. The van der Waals surface area contributed by atoms with Crippen molar-refractivity contribution in [3.05, 3.63) is 63.6 Å². The lowest BCUT2D eigenvalue weighted by molar-refractivity contribution is 0.923. The van der Waals surface area contributed by atoms with Gasteiger partial charge in [0.1, 0.15) is 0 Å². The Morgan fingerprint density at radius 2 is 1.74 bits per heavy atom. The van der Waals surface area contributed by atoms with E-state index in [2.05, 4.69) is 26.9 Å². The second-order valence-corrected chi connectivity index (χ2v) is 5.73. The summed E-state index contributed by atoms with van der Waals surface area (Å²) in [4.78, 5) is 2.13. The maximum atomic E-state index is 6.23. The fraction of sp³-hybridized carbons (Fsp3) is 0.200. The van der Waals surface area contributed by atoms with Gasteiger partial charge in [-0.15, -0.1) is 0 Å². The molecule has 2 aromatic rings. The zero-order valence-electron chi connectivity index (χ0n) is 10.5. The summed E-state index contributed by atoms with van der Waals surface area (Å²) in [6.07, 6.45) is 0. The van der Waals surface area contributed by atoms with Gasteiger partial charge < -0.3 is 4.90 Å². The predicted octanol–water partition coefficient (Wildman–Crippen LogP) is 5.52. The van der Waals surface area contributed by atoms with Crippen LogP contribution in [0.15, 0.2) is 42.5 Å². The van der Waals surface area contributed by atoms with Crippen molar-refractivity contribution in [2.45, 2.75) is 11.9 Å². The second-order valence-electron chi connectivity index (χ2n) is 4.36. The van der Waals surface area contributed by atoms with Crippen LogP contribution < -0.4 is 4.90 Å². The van der Waals surface area contributed by atoms with Crippen LogP contribution in [0.2, 0.25) is 10.0 Å². The number of rotatable bonds is 4. The Kier molecular flexibility index (Phi) is 5.14. The summed E-state index contributed by atoms with van der Waals surface area (Å²) in [5.41, 5.74) is 3.28. The summed E-state index contributed by atoms with van der Waals surface area (Å²) >= 11 is 15.8. The minimum absolute atomic E-state index is 0.754. The first-order valence-electron chi connectivity index (χ1n) is 5.90. The highest BCUT2D eigenvalue weighted by Gasteiger charge is 2.07. The van der Waals surface area contributed by atoms with Crippen LogP contribution in [0, 0.1) is 0 Å². The molecule has 0 atom stereocenters. The summed E-state index contributed by atoms with van der Waals surface area (Å²) in [6, 6.07) is 14.0. The topological polar surface area (TPSA) is 3.24 Å². The van der Waals surface area contributed by atoms with Gasteiger partial charge >= 0.3 is 0 Å². The SMILES string of the molecule is CN(Cc1ccccc1Cl)c1ccc(CBr)c(Cl)c1. The zero-order valence-corrected chi connectivity index (χ0v) is 13.6. The van der Waals surface area contributed by atoms with Crippen LogP contribution in [-0.2, 0) is 11.9 Å². The normalized spacial score (nSPS) is 10.5. The van der Waals surface area contributed by atoms with E-state index in [0.717, 1.165) is 38.7 Å². The van der Waals surface area contributed by atoms with Crippen molar-refractivity contribution in [3.63, 3.8) is 0 Å². The van der Waals surface area contributed by atoms with Gasteiger partial charge in [0.15, 0.2) is 0 Å². The summed E-state index contributed by atoms with van der Waals surface area (Å²) in [7, 11) is 2.03. The largest absolute Gasteiger partial charge is 0.370 e. The molecule has 0 N–H and O–H groups in total. The molecular formula is C15H14BrCl2N. The number of alkyl halides is 1. The van der Waals surface area contributed by atoms with Crippen LogP contribution in [0.1, 0.15) is 11.1 Å². The number of anilines is 1.